The van der Waals surface area contributed by atoms with Crippen molar-refractivity contribution in [2.75, 3.05) is 18.4 Å². The van der Waals surface area contributed by atoms with Crippen LogP contribution in [0.25, 0.3) is 0 Å². The van der Waals surface area contributed by atoms with Crippen LogP contribution >= 0.6 is 0 Å². The van der Waals surface area contributed by atoms with Gasteiger partial charge in [-0.05, 0) is 62.2 Å². The normalized spacial score (nSPS) is 19.7. The SMILES string of the molecule is O=C1CCC(c2cccc(NC(=O)c3ccc(CN4CCCCC4)c(F)c3)c2)C(=O)N1. The van der Waals surface area contributed by atoms with Gasteiger partial charge in [-0.15, -0.1) is 0 Å². The molecule has 0 aliphatic carbocycles. The standard InChI is InChI=1S/C24H26FN3O3/c25-21-14-17(7-8-18(21)15-28-11-2-1-3-12-28)23(30)26-19-6-4-5-16(13-19)20-9-10-22(29)27-24(20)31/h4-8,13-14,20H,1-3,9-12,15H2,(H,26,30)(H,27,29,31). The molecule has 2 aliphatic heterocycles. The van der Waals surface area contributed by atoms with Gasteiger partial charge in [-0.25, -0.2) is 4.39 Å². The van der Waals surface area contributed by atoms with Crippen LogP contribution in [0.5, 0.6) is 0 Å². The van der Waals surface area contributed by atoms with Crippen LogP contribution in [0.4, 0.5) is 10.1 Å². The number of anilines is 1. The fourth-order valence-corrected chi connectivity index (χ4v) is 4.22. The van der Waals surface area contributed by atoms with Gasteiger partial charge in [0.2, 0.25) is 11.8 Å². The summed E-state index contributed by atoms with van der Waals surface area (Å²) in [6.07, 6.45) is 4.23. The van der Waals surface area contributed by atoms with E-state index in [1.54, 1.807) is 36.4 Å². The van der Waals surface area contributed by atoms with E-state index in [1.807, 2.05) is 0 Å². The molecular weight excluding hydrogens is 397 g/mol. The molecule has 2 fully saturated rings. The summed E-state index contributed by atoms with van der Waals surface area (Å²) in [7, 11) is 0. The predicted molar refractivity (Wildman–Crippen MR) is 115 cm³/mol. The number of hydrogen-bond donors (Lipinski definition) is 2. The highest BCUT2D eigenvalue weighted by Crippen LogP contribution is 2.27. The molecule has 6 nitrogen and oxygen atoms in total. The first-order valence-electron chi connectivity index (χ1n) is 10.8. The molecular formula is C24H26FN3O3. The molecule has 4 rings (SSSR count). The van der Waals surface area contributed by atoms with Crippen LogP contribution < -0.4 is 10.6 Å². The van der Waals surface area contributed by atoms with Crippen LogP contribution in [0.1, 0.15) is 59.5 Å². The van der Waals surface area contributed by atoms with E-state index >= 15 is 0 Å². The van der Waals surface area contributed by atoms with Gasteiger partial charge in [0.05, 0.1) is 5.92 Å². The van der Waals surface area contributed by atoms with Crippen LogP contribution in [-0.2, 0) is 16.1 Å². The first kappa shape index (κ1) is 21.2. The molecule has 1 unspecified atom stereocenters. The number of halogens is 1. The maximum Gasteiger partial charge on any atom is 0.255 e. The number of nitrogens with one attached hydrogen (secondary N) is 2. The topological polar surface area (TPSA) is 78.5 Å². The Morgan fingerprint density at radius 1 is 1.10 bits per heavy atom. The summed E-state index contributed by atoms with van der Waals surface area (Å²) in [5, 5.41) is 5.12. The molecule has 0 saturated carbocycles. The largest absolute Gasteiger partial charge is 0.322 e. The molecule has 162 valence electrons. The summed E-state index contributed by atoms with van der Waals surface area (Å²) in [4.78, 5) is 38.4. The van der Waals surface area contributed by atoms with Crippen molar-refractivity contribution in [3.05, 3.63) is 65.0 Å². The van der Waals surface area contributed by atoms with Crippen LogP contribution in [0.2, 0.25) is 0 Å². The van der Waals surface area contributed by atoms with E-state index in [4.69, 9.17) is 0 Å². The van der Waals surface area contributed by atoms with E-state index in [-0.39, 0.29) is 29.6 Å². The predicted octanol–water partition coefficient (Wildman–Crippen LogP) is 3.58. The van der Waals surface area contributed by atoms with Crippen molar-refractivity contribution in [3.8, 4) is 0 Å². The molecule has 2 heterocycles. The molecule has 2 aromatic carbocycles. The highest BCUT2D eigenvalue weighted by atomic mass is 19.1. The Balaban J connectivity index is 1.43. The first-order chi connectivity index (χ1) is 15.0. The number of piperidine rings is 2. The number of carbonyl (C=O) groups excluding carboxylic acids is 3. The first-order valence-corrected chi connectivity index (χ1v) is 10.8. The van der Waals surface area contributed by atoms with E-state index < -0.39 is 11.8 Å². The molecule has 0 bridgehead atoms. The molecule has 3 amide bonds. The number of benzene rings is 2. The van der Waals surface area contributed by atoms with E-state index in [1.165, 1.54) is 12.5 Å². The van der Waals surface area contributed by atoms with Crippen LogP contribution in [0, 0.1) is 5.82 Å². The third kappa shape index (κ3) is 5.17. The second-order valence-corrected chi connectivity index (χ2v) is 8.23. The maximum atomic E-state index is 14.6. The Labute approximate surface area is 180 Å². The molecule has 31 heavy (non-hydrogen) atoms. The molecule has 2 aliphatic rings. The second-order valence-electron chi connectivity index (χ2n) is 8.23. The zero-order valence-corrected chi connectivity index (χ0v) is 17.3. The zero-order valence-electron chi connectivity index (χ0n) is 17.3. The molecule has 2 aromatic rings. The molecule has 1 atom stereocenters. The number of likely N-dealkylation sites (tertiary alicyclic amines) is 1. The number of amides is 3. The zero-order chi connectivity index (χ0) is 21.8. The second kappa shape index (κ2) is 9.39. The average molecular weight is 423 g/mol. The van der Waals surface area contributed by atoms with Crippen molar-refractivity contribution >= 4 is 23.4 Å². The minimum atomic E-state index is -0.430. The van der Waals surface area contributed by atoms with E-state index in [9.17, 15) is 18.8 Å². The Kier molecular flexibility index (Phi) is 6.42. The Morgan fingerprint density at radius 2 is 1.90 bits per heavy atom. The van der Waals surface area contributed by atoms with E-state index in [0.717, 1.165) is 31.5 Å². The summed E-state index contributed by atoms with van der Waals surface area (Å²) in [5.41, 5.74) is 2.08. The maximum absolute atomic E-state index is 14.6. The fourth-order valence-electron chi connectivity index (χ4n) is 4.22. The lowest BCUT2D eigenvalue weighted by Gasteiger charge is -2.26. The van der Waals surface area contributed by atoms with Crippen molar-refractivity contribution < 1.29 is 18.8 Å². The van der Waals surface area contributed by atoms with Gasteiger partial charge in [0.25, 0.3) is 5.91 Å². The van der Waals surface area contributed by atoms with Crippen molar-refractivity contribution in [1.82, 2.24) is 10.2 Å². The molecule has 2 N–H and O–H groups in total. The van der Waals surface area contributed by atoms with Crippen molar-refractivity contribution in [1.29, 1.82) is 0 Å². The molecule has 0 spiro atoms. The van der Waals surface area contributed by atoms with Gasteiger partial charge in [-0.3, -0.25) is 24.6 Å². The summed E-state index contributed by atoms with van der Waals surface area (Å²) < 4.78 is 14.6. The fraction of sp³-hybridized carbons (Fsp3) is 0.375. The van der Waals surface area contributed by atoms with Gasteiger partial charge in [0, 0.05) is 29.8 Å². The average Bonchev–Trinajstić information content (AvgIpc) is 2.76. The Bertz CT molecular complexity index is 1000. The lowest BCUT2D eigenvalue weighted by molar-refractivity contribution is -0.134. The number of hydrogen-bond acceptors (Lipinski definition) is 4. The third-order valence-corrected chi connectivity index (χ3v) is 5.94. The van der Waals surface area contributed by atoms with Gasteiger partial charge in [-0.2, -0.15) is 0 Å². The van der Waals surface area contributed by atoms with Gasteiger partial charge in [0.1, 0.15) is 5.82 Å². The number of rotatable bonds is 5. The molecule has 0 aromatic heterocycles. The Hall–Kier alpha value is -3.06. The minimum Gasteiger partial charge on any atom is -0.322 e. The van der Waals surface area contributed by atoms with E-state index in [2.05, 4.69) is 15.5 Å². The van der Waals surface area contributed by atoms with Crippen LogP contribution in [0.15, 0.2) is 42.5 Å². The van der Waals surface area contributed by atoms with Gasteiger partial charge in [0.15, 0.2) is 0 Å². The van der Waals surface area contributed by atoms with E-state index in [0.29, 0.717) is 24.2 Å². The third-order valence-electron chi connectivity index (χ3n) is 5.94. The van der Waals surface area contributed by atoms with Gasteiger partial charge >= 0.3 is 0 Å². The van der Waals surface area contributed by atoms with Gasteiger partial charge in [-0.1, -0.05) is 24.6 Å². The lowest BCUT2D eigenvalue weighted by Crippen LogP contribution is -2.39. The quantitative estimate of drug-likeness (QED) is 0.721. The number of imide groups is 1. The van der Waals surface area contributed by atoms with Crippen molar-refractivity contribution in [2.45, 2.75) is 44.6 Å². The van der Waals surface area contributed by atoms with Crippen LogP contribution in [-0.4, -0.2) is 35.7 Å². The molecule has 2 saturated heterocycles. The van der Waals surface area contributed by atoms with Crippen molar-refractivity contribution in [2.24, 2.45) is 0 Å². The minimum absolute atomic E-state index is 0.242. The summed E-state index contributed by atoms with van der Waals surface area (Å²) in [6.45, 7) is 2.51. The van der Waals surface area contributed by atoms with Crippen LogP contribution in [0.3, 0.4) is 0 Å². The van der Waals surface area contributed by atoms with Gasteiger partial charge < -0.3 is 5.32 Å². The lowest BCUT2D eigenvalue weighted by atomic mass is 9.90. The Morgan fingerprint density at radius 3 is 2.65 bits per heavy atom. The highest BCUT2D eigenvalue weighted by Gasteiger charge is 2.28. The molecule has 7 heteroatoms. The summed E-state index contributed by atoms with van der Waals surface area (Å²) in [6, 6.07) is 11.6. The monoisotopic (exact) mass is 423 g/mol. The number of nitrogens with zero attached hydrogens (tertiary/aromatic N) is 1. The molecule has 0 radical (unpaired) electrons. The van der Waals surface area contributed by atoms with Crippen molar-refractivity contribution in [3.63, 3.8) is 0 Å². The number of carbonyl (C=O) groups is 3. The summed E-state index contributed by atoms with van der Waals surface area (Å²) >= 11 is 0. The smallest absolute Gasteiger partial charge is 0.255 e. The summed E-state index contributed by atoms with van der Waals surface area (Å²) in [5.74, 6) is -1.82. The highest BCUT2D eigenvalue weighted by molar-refractivity contribution is 6.04.